The van der Waals surface area contributed by atoms with Crippen molar-refractivity contribution in [2.24, 2.45) is 5.92 Å². The smallest absolute Gasteiger partial charge is 0.257 e. The largest absolute Gasteiger partial charge is 0.507 e. The van der Waals surface area contributed by atoms with Gasteiger partial charge in [-0.15, -0.1) is 0 Å². The molecule has 0 saturated carbocycles. The molecule has 4 heteroatoms. The number of piperidine rings is 1. The summed E-state index contributed by atoms with van der Waals surface area (Å²) in [5.74, 6) is 0.0310. The normalized spacial score (nSPS) is 20.3. The molecule has 1 saturated heterocycles. The molecule has 1 amide bonds. The van der Waals surface area contributed by atoms with E-state index in [1.807, 2.05) is 0 Å². The minimum absolute atomic E-state index is 0.0172. The van der Waals surface area contributed by atoms with Gasteiger partial charge in [0.2, 0.25) is 0 Å². The second-order valence-electron chi connectivity index (χ2n) is 4.46. The van der Waals surface area contributed by atoms with E-state index in [1.54, 1.807) is 23.1 Å². The lowest BCUT2D eigenvalue weighted by molar-refractivity contribution is 0.0618. The molecule has 1 aromatic carbocycles. The van der Waals surface area contributed by atoms with E-state index >= 15 is 0 Å². The zero-order chi connectivity index (χ0) is 12.3. The molecule has 1 unspecified atom stereocenters. The van der Waals surface area contributed by atoms with Gasteiger partial charge in [0.05, 0.1) is 5.56 Å². The molecule has 1 aliphatic heterocycles. The van der Waals surface area contributed by atoms with Gasteiger partial charge in [0.25, 0.3) is 5.91 Å². The summed E-state index contributed by atoms with van der Waals surface area (Å²) in [7, 11) is 0. The summed E-state index contributed by atoms with van der Waals surface area (Å²) in [5.41, 5.74) is 0.339. The van der Waals surface area contributed by atoms with Gasteiger partial charge in [-0.05, 0) is 30.9 Å². The van der Waals surface area contributed by atoms with Crippen LogP contribution in [0, 0.1) is 5.92 Å². The van der Waals surface area contributed by atoms with Gasteiger partial charge >= 0.3 is 0 Å². The van der Waals surface area contributed by atoms with Gasteiger partial charge in [0, 0.05) is 19.7 Å². The molecule has 1 heterocycles. The van der Waals surface area contributed by atoms with Crippen LogP contribution in [0.5, 0.6) is 5.75 Å². The van der Waals surface area contributed by atoms with Crippen LogP contribution >= 0.6 is 0 Å². The van der Waals surface area contributed by atoms with Crippen LogP contribution in [-0.4, -0.2) is 40.7 Å². The van der Waals surface area contributed by atoms with Crippen molar-refractivity contribution in [1.82, 2.24) is 4.90 Å². The van der Waals surface area contributed by atoms with Crippen molar-refractivity contribution in [2.45, 2.75) is 12.8 Å². The first-order valence-electron chi connectivity index (χ1n) is 5.90. The maximum absolute atomic E-state index is 12.2. The Balaban J connectivity index is 2.12. The van der Waals surface area contributed by atoms with Gasteiger partial charge in [-0.3, -0.25) is 4.79 Å². The van der Waals surface area contributed by atoms with Gasteiger partial charge in [0.1, 0.15) is 5.75 Å². The van der Waals surface area contributed by atoms with Crippen LogP contribution in [0.25, 0.3) is 0 Å². The molecule has 17 heavy (non-hydrogen) atoms. The minimum atomic E-state index is -0.152. The number of para-hydroxylation sites is 1. The predicted molar refractivity (Wildman–Crippen MR) is 63.8 cm³/mol. The number of amides is 1. The number of nitrogens with zero attached hydrogens (tertiary/aromatic N) is 1. The van der Waals surface area contributed by atoms with Crippen molar-refractivity contribution in [3.8, 4) is 5.75 Å². The van der Waals surface area contributed by atoms with Crippen LogP contribution in [0.1, 0.15) is 23.2 Å². The molecule has 1 aliphatic rings. The van der Waals surface area contributed by atoms with Crippen LogP contribution in [0.2, 0.25) is 0 Å². The highest BCUT2D eigenvalue weighted by molar-refractivity contribution is 5.96. The molecule has 1 aromatic rings. The van der Waals surface area contributed by atoms with E-state index in [2.05, 4.69) is 0 Å². The molecule has 0 aromatic heterocycles. The number of likely N-dealkylation sites (tertiary alicyclic amines) is 1. The van der Waals surface area contributed by atoms with Gasteiger partial charge in [-0.1, -0.05) is 12.1 Å². The Hall–Kier alpha value is -1.55. The van der Waals surface area contributed by atoms with Crippen molar-refractivity contribution in [3.63, 3.8) is 0 Å². The van der Waals surface area contributed by atoms with Gasteiger partial charge < -0.3 is 15.1 Å². The van der Waals surface area contributed by atoms with E-state index in [4.69, 9.17) is 5.11 Å². The van der Waals surface area contributed by atoms with E-state index in [0.717, 1.165) is 12.8 Å². The lowest BCUT2D eigenvalue weighted by Gasteiger charge is -2.32. The first-order chi connectivity index (χ1) is 8.22. The van der Waals surface area contributed by atoms with Crippen LogP contribution in [-0.2, 0) is 0 Å². The first kappa shape index (κ1) is 11.9. The highest BCUT2D eigenvalue weighted by atomic mass is 16.3. The van der Waals surface area contributed by atoms with Crippen LogP contribution in [0.15, 0.2) is 24.3 Å². The number of hydrogen-bond donors (Lipinski definition) is 2. The van der Waals surface area contributed by atoms with Gasteiger partial charge in [-0.25, -0.2) is 0 Å². The number of benzene rings is 1. The molecule has 0 bridgehead atoms. The van der Waals surface area contributed by atoms with E-state index in [0.29, 0.717) is 18.7 Å². The topological polar surface area (TPSA) is 60.8 Å². The van der Waals surface area contributed by atoms with E-state index < -0.39 is 0 Å². The second-order valence-corrected chi connectivity index (χ2v) is 4.46. The number of aliphatic hydroxyl groups is 1. The summed E-state index contributed by atoms with van der Waals surface area (Å²) >= 11 is 0. The molecule has 4 nitrogen and oxygen atoms in total. The molecule has 0 spiro atoms. The highest BCUT2D eigenvalue weighted by Crippen LogP contribution is 2.22. The molecule has 0 radical (unpaired) electrons. The van der Waals surface area contributed by atoms with Gasteiger partial charge in [0.15, 0.2) is 0 Å². The van der Waals surface area contributed by atoms with Crippen molar-refractivity contribution in [1.29, 1.82) is 0 Å². The number of carbonyl (C=O) groups is 1. The Morgan fingerprint density at radius 1 is 1.41 bits per heavy atom. The number of aliphatic hydroxyl groups excluding tert-OH is 1. The van der Waals surface area contributed by atoms with Crippen molar-refractivity contribution in [3.05, 3.63) is 29.8 Å². The Kier molecular flexibility index (Phi) is 3.64. The Labute approximate surface area is 100 Å². The van der Waals surface area contributed by atoms with Gasteiger partial charge in [-0.2, -0.15) is 0 Å². The van der Waals surface area contributed by atoms with E-state index in [-0.39, 0.29) is 24.2 Å². The molecule has 2 N–H and O–H groups in total. The monoisotopic (exact) mass is 235 g/mol. The maximum Gasteiger partial charge on any atom is 0.257 e. The number of hydrogen-bond acceptors (Lipinski definition) is 3. The van der Waals surface area contributed by atoms with Crippen LogP contribution in [0.4, 0.5) is 0 Å². The fraction of sp³-hybridized carbons (Fsp3) is 0.462. The zero-order valence-corrected chi connectivity index (χ0v) is 9.67. The Morgan fingerprint density at radius 3 is 2.88 bits per heavy atom. The van der Waals surface area contributed by atoms with Crippen molar-refractivity contribution < 1.29 is 15.0 Å². The maximum atomic E-state index is 12.2. The standard InChI is InChI=1S/C13H17NO3/c15-9-10-4-3-7-14(8-10)13(17)11-5-1-2-6-12(11)16/h1-2,5-6,10,15-16H,3-4,7-9H2. The quantitative estimate of drug-likeness (QED) is 0.810. The number of rotatable bonds is 2. The summed E-state index contributed by atoms with van der Waals surface area (Å²) in [6.45, 7) is 1.39. The summed E-state index contributed by atoms with van der Waals surface area (Å²) in [4.78, 5) is 13.9. The number of carbonyl (C=O) groups excluding carboxylic acids is 1. The molecule has 2 rings (SSSR count). The first-order valence-corrected chi connectivity index (χ1v) is 5.90. The van der Waals surface area contributed by atoms with E-state index in [1.165, 1.54) is 6.07 Å². The number of phenolic OH excluding ortho intramolecular Hbond substituents is 1. The molecular formula is C13H17NO3. The Bertz CT molecular complexity index is 405. The van der Waals surface area contributed by atoms with Crippen LogP contribution < -0.4 is 0 Å². The number of phenols is 1. The fourth-order valence-electron chi connectivity index (χ4n) is 2.22. The molecule has 0 aliphatic carbocycles. The third-order valence-electron chi connectivity index (χ3n) is 3.20. The summed E-state index contributed by atoms with van der Waals surface area (Å²) in [5, 5.41) is 18.8. The summed E-state index contributed by atoms with van der Waals surface area (Å²) in [6, 6.07) is 6.57. The third kappa shape index (κ3) is 2.58. The Morgan fingerprint density at radius 2 is 2.18 bits per heavy atom. The third-order valence-corrected chi connectivity index (χ3v) is 3.20. The lowest BCUT2D eigenvalue weighted by atomic mass is 9.98. The fourth-order valence-corrected chi connectivity index (χ4v) is 2.22. The van der Waals surface area contributed by atoms with E-state index in [9.17, 15) is 9.90 Å². The summed E-state index contributed by atoms with van der Waals surface area (Å²) < 4.78 is 0. The lowest BCUT2D eigenvalue weighted by Crippen LogP contribution is -2.40. The molecular weight excluding hydrogens is 218 g/mol. The summed E-state index contributed by atoms with van der Waals surface area (Å²) in [6.07, 6.45) is 1.87. The van der Waals surface area contributed by atoms with Crippen molar-refractivity contribution in [2.75, 3.05) is 19.7 Å². The van der Waals surface area contributed by atoms with Crippen LogP contribution in [0.3, 0.4) is 0 Å². The van der Waals surface area contributed by atoms with Crippen molar-refractivity contribution >= 4 is 5.91 Å². The minimum Gasteiger partial charge on any atom is -0.507 e. The molecule has 1 fully saturated rings. The number of aromatic hydroxyl groups is 1. The SMILES string of the molecule is O=C(c1ccccc1O)N1CCCC(CO)C1. The average Bonchev–Trinajstić information content (AvgIpc) is 2.38. The molecule has 1 atom stereocenters. The highest BCUT2D eigenvalue weighted by Gasteiger charge is 2.25. The average molecular weight is 235 g/mol. The predicted octanol–water partition coefficient (Wildman–Crippen LogP) is 1.24. The second kappa shape index (κ2) is 5.19. The zero-order valence-electron chi connectivity index (χ0n) is 9.67. The molecule has 92 valence electrons.